The maximum absolute atomic E-state index is 13.3. The van der Waals surface area contributed by atoms with Crippen molar-refractivity contribution in [3.05, 3.63) is 101 Å². The van der Waals surface area contributed by atoms with Crippen LogP contribution in [-0.2, 0) is 16.0 Å². The van der Waals surface area contributed by atoms with Crippen LogP contribution in [0.1, 0.15) is 28.7 Å². The van der Waals surface area contributed by atoms with Crippen molar-refractivity contribution in [2.24, 2.45) is 0 Å². The zero-order valence-corrected chi connectivity index (χ0v) is 16.3. The molecule has 0 spiro atoms. The van der Waals surface area contributed by atoms with Gasteiger partial charge in [-0.1, -0.05) is 30.3 Å². The first-order valence-corrected chi connectivity index (χ1v) is 9.60. The predicted molar refractivity (Wildman–Crippen MR) is 109 cm³/mol. The molecule has 2 aromatic carbocycles. The fourth-order valence-corrected chi connectivity index (χ4v) is 3.66. The van der Waals surface area contributed by atoms with Crippen molar-refractivity contribution < 1.29 is 23.5 Å². The minimum absolute atomic E-state index is 0.0611. The third kappa shape index (κ3) is 3.64. The van der Waals surface area contributed by atoms with E-state index < -0.39 is 23.5 Å². The summed E-state index contributed by atoms with van der Waals surface area (Å²) in [6, 6.07) is 17.3. The van der Waals surface area contributed by atoms with Crippen LogP contribution < -0.4 is 0 Å². The number of benzene rings is 2. The average Bonchev–Trinajstić information content (AvgIpc) is 3.28. The van der Waals surface area contributed by atoms with Crippen molar-refractivity contribution in [2.45, 2.75) is 19.4 Å². The standard InChI is InChI=1S/C24H20FNO4/c1-15-7-12-19(30-15)21-20(22(27)17-8-10-18(25)11-9-17)23(28)24(29)26(21)14-13-16-5-3-2-4-6-16/h2-12,21,27H,13-14H2,1H3/b22-20+. The van der Waals surface area contributed by atoms with Crippen molar-refractivity contribution in [2.75, 3.05) is 6.54 Å². The minimum atomic E-state index is -0.854. The number of rotatable bonds is 5. The van der Waals surface area contributed by atoms with Crippen LogP contribution in [0.15, 0.2) is 76.7 Å². The highest BCUT2D eigenvalue weighted by atomic mass is 19.1. The first-order valence-electron chi connectivity index (χ1n) is 9.60. The summed E-state index contributed by atoms with van der Waals surface area (Å²) in [4.78, 5) is 27.1. The van der Waals surface area contributed by atoms with Crippen LogP contribution in [0.5, 0.6) is 0 Å². The predicted octanol–water partition coefficient (Wildman–Crippen LogP) is 4.39. The molecule has 1 N–H and O–H groups in total. The van der Waals surface area contributed by atoms with Gasteiger partial charge in [0, 0.05) is 12.1 Å². The number of aliphatic hydroxyl groups is 1. The smallest absolute Gasteiger partial charge is 0.295 e. The molecule has 3 aromatic rings. The average molecular weight is 405 g/mol. The summed E-state index contributed by atoms with van der Waals surface area (Å²) >= 11 is 0. The summed E-state index contributed by atoms with van der Waals surface area (Å²) in [6.07, 6.45) is 0.542. The summed E-state index contributed by atoms with van der Waals surface area (Å²) in [7, 11) is 0. The zero-order valence-electron chi connectivity index (χ0n) is 16.3. The highest BCUT2D eigenvalue weighted by Gasteiger charge is 2.47. The molecule has 2 heterocycles. The van der Waals surface area contributed by atoms with Crippen molar-refractivity contribution in [3.8, 4) is 0 Å². The van der Waals surface area contributed by atoms with Crippen molar-refractivity contribution in [3.63, 3.8) is 0 Å². The number of carbonyl (C=O) groups excluding carboxylic acids is 2. The lowest BCUT2D eigenvalue weighted by Crippen LogP contribution is -2.31. The van der Waals surface area contributed by atoms with Crippen LogP contribution in [0.3, 0.4) is 0 Å². The van der Waals surface area contributed by atoms with Crippen LogP contribution >= 0.6 is 0 Å². The fraction of sp³-hybridized carbons (Fsp3) is 0.167. The number of nitrogens with zero attached hydrogens (tertiary/aromatic N) is 1. The van der Waals surface area contributed by atoms with E-state index in [1.165, 1.54) is 29.2 Å². The molecule has 1 fully saturated rings. The number of hydrogen-bond donors (Lipinski definition) is 1. The molecule has 1 saturated heterocycles. The molecular weight excluding hydrogens is 385 g/mol. The Labute approximate surface area is 173 Å². The summed E-state index contributed by atoms with van der Waals surface area (Å²) in [5.41, 5.74) is 1.21. The summed E-state index contributed by atoms with van der Waals surface area (Å²) in [5.74, 6) is -1.29. The minimum Gasteiger partial charge on any atom is -0.507 e. The monoisotopic (exact) mass is 405 g/mol. The van der Waals surface area contributed by atoms with Crippen LogP contribution in [0, 0.1) is 12.7 Å². The summed E-state index contributed by atoms with van der Waals surface area (Å²) < 4.78 is 19.0. The number of ketones is 1. The highest BCUT2D eigenvalue weighted by molar-refractivity contribution is 6.46. The second kappa shape index (κ2) is 7.99. The quantitative estimate of drug-likeness (QED) is 0.388. The zero-order chi connectivity index (χ0) is 21.3. The number of furan rings is 1. The van der Waals surface area contributed by atoms with E-state index in [1.807, 2.05) is 30.3 Å². The molecule has 0 aliphatic carbocycles. The maximum atomic E-state index is 13.3. The van der Waals surface area contributed by atoms with Crippen molar-refractivity contribution in [1.82, 2.24) is 4.90 Å². The van der Waals surface area contributed by atoms with E-state index in [2.05, 4.69) is 0 Å². The van der Waals surface area contributed by atoms with Crippen molar-refractivity contribution >= 4 is 17.4 Å². The molecule has 0 saturated carbocycles. The summed E-state index contributed by atoms with van der Waals surface area (Å²) in [6.45, 7) is 2.04. The molecule has 6 heteroatoms. The summed E-state index contributed by atoms with van der Waals surface area (Å²) in [5, 5.41) is 10.9. The topological polar surface area (TPSA) is 70.8 Å². The van der Waals surface area contributed by atoms with Crippen LogP contribution in [0.2, 0.25) is 0 Å². The lowest BCUT2D eigenvalue weighted by Gasteiger charge is -2.23. The van der Waals surface area contributed by atoms with Gasteiger partial charge in [-0.15, -0.1) is 0 Å². The van der Waals surface area contributed by atoms with Gasteiger partial charge < -0.3 is 14.4 Å². The molecule has 0 bridgehead atoms. The Morgan fingerprint density at radius 2 is 1.73 bits per heavy atom. The van der Waals surface area contributed by atoms with Gasteiger partial charge >= 0.3 is 0 Å². The van der Waals surface area contributed by atoms with Gasteiger partial charge in [0.15, 0.2) is 0 Å². The number of amides is 1. The van der Waals surface area contributed by atoms with E-state index in [1.54, 1.807) is 19.1 Å². The number of likely N-dealkylation sites (tertiary alicyclic amines) is 1. The first kappa shape index (κ1) is 19.6. The van der Waals surface area contributed by atoms with Crippen LogP contribution in [0.4, 0.5) is 4.39 Å². The van der Waals surface area contributed by atoms with E-state index in [9.17, 15) is 19.1 Å². The molecule has 152 valence electrons. The van der Waals surface area contributed by atoms with E-state index in [-0.39, 0.29) is 23.4 Å². The molecule has 1 atom stereocenters. The Balaban J connectivity index is 1.76. The molecule has 0 radical (unpaired) electrons. The van der Waals surface area contributed by atoms with Gasteiger partial charge in [-0.25, -0.2) is 4.39 Å². The molecule has 1 aliphatic rings. The Bertz CT molecular complexity index is 1120. The lowest BCUT2D eigenvalue weighted by molar-refractivity contribution is -0.140. The number of hydrogen-bond acceptors (Lipinski definition) is 4. The van der Waals surface area contributed by atoms with Crippen LogP contribution in [0.25, 0.3) is 5.76 Å². The molecule has 4 rings (SSSR count). The maximum Gasteiger partial charge on any atom is 0.295 e. The number of aryl methyl sites for hydroxylation is 1. The number of Topliss-reactive ketones (excluding diaryl/α,β-unsaturated/α-hetero) is 1. The first-order chi connectivity index (χ1) is 14.5. The molecular formula is C24H20FNO4. The molecule has 5 nitrogen and oxygen atoms in total. The van der Waals surface area contributed by atoms with Gasteiger partial charge in [-0.2, -0.15) is 0 Å². The third-order valence-corrected chi connectivity index (χ3v) is 5.17. The number of halogens is 1. The normalized spacial score (nSPS) is 18.2. The largest absolute Gasteiger partial charge is 0.507 e. The lowest BCUT2D eigenvalue weighted by atomic mass is 9.99. The van der Waals surface area contributed by atoms with E-state index >= 15 is 0 Å². The van der Waals surface area contributed by atoms with E-state index in [4.69, 9.17) is 4.42 Å². The SMILES string of the molecule is Cc1ccc(C2/C(=C(\O)c3ccc(F)cc3)C(=O)C(=O)N2CCc2ccccc2)o1. The van der Waals surface area contributed by atoms with E-state index in [0.29, 0.717) is 17.9 Å². The second-order valence-electron chi connectivity index (χ2n) is 7.18. The van der Waals surface area contributed by atoms with Crippen LogP contribution in [-0.4, -0.2) is 28.2 Å². The highest BCUT2D eigenvalue weighted by Crippen LogP contribution is 2.40. The fourth-order valence-electron chi connectivity index (χ4n) is 3.66. The molecule has 1 aromatic heterocycles. The Hall–Kier alpha value is -3.67. The molecule has 1 unspecified atom stereocenters. The van der Waals surface area contributed by atoms with Gasteiger partial charge in [0.05, 0.1) is 5.57 Å². The van der Waals surface area contributed by atoms with E-state index in [0.717, 1.165) is 5.56 Å². The van der Waals surface area contributed by atoms with Gasteiger partial charge in [0.2, 0.25) is 0 Å². The van der Waals surface area contributed by atoms with Gasteiger partial charge in [-0.05, 0) is 55.3 Å². The van der Waals surface area contributed by atoms with Crippen molar-refractivity contribution in [1.29, 1.82) is 0 Å². The molecule has 30 heavy (non-hydrogen) atoms. The molecule has 1 aliphatic heterocycles. The van der Waals surface area contributed by atoms with Gasteiger partial charge in [-0.3, -0.25) is 9.59 Å². The van der Waals surface area contributed by atoms with Gasteiger partial charge in [0.1, 0.15) is 29.1 Å². The third-order valence-electron chi connectivity index (χ3n) is 5.17. The Kier molecular flexibility index (Phi) is 5.23. The Morgan fingerprint density at radius 3 is 2.37 bits per heavy atom. The number of aliphatic hydroxyl groups excluding tert-OH is 1. The number of carbonyl (C=O) groups is 2. The van der Waals surface area contributed by atoms with Gasteiger partial charge in [0.25, 0.3) is 11.7 Å². The Morgan fingerprint density at radius 1 is 1.03 bits per heavy atom. The second-order valence-corrected chi connectivity index (χ2v) is 7.18. The molecule has 1 amide bonds.